The van der Waals surface area contributed by atoms with E-state index in [1.165, 1.54) is 12.1 Å². The molecule has 0 bridgehead atoms. The highest BCUT2D eigenvalue weighted by atomic mass is 19.4. The zero-order valence-corrected chi connectivity index (χ0v) is 11.3. The van der Waals surface area contributed by atoms with Crippen molar-refractivity contribution in [1.29, 1.82) is 0 Å². The molecule has 3 rings (SSSR count). The van der Waals surface area contributed by atoms with Crippen LogP contribution in [0.4, 0.5) is 17.6 Å². The van der Waals surface area contributed by atoms with Crippen molar-refractivity contribution in [3.05, 3.63) is 58.6 Å². The number of ether oxygens (including phenoxy) is 1. The first-order valence-electron chi connectivity index (χ1n) is 6.38. The first-order valence-corrected chi connectivity index (χ1v) is 6.38. The van der Waals surface area contributed by atoms with Crippen LogP contribution in [0.2, 0.25) is 0 Å². The van der Waals surface area contributed by atoms with Crippen molar-refractivity contribution in [3.63, 3.8) is 0 Å². The molecule has 23 heavy (non-hydrogen) atoms. The van der Waals surface area contributed by atoms with Gasteiger partial charge in [0.15, 0.2) is 0 Å². The smallest absolute Gasteiger partial charge is 0.405 e. The summed E-state index contributed by atoms with van der Waals surface area (Å²) in [4.78, 5) is 18.4. The van der Waals surface area contributed by atoms with Gasteiger partial charge in [-0.3, -0.25) is 4.79 Å². The number of nitrogens with zero attached hydrogens (tertiary/aromatic N) is 1. The van der Waals surface area contributed by atoms with Crippen LogP contribution in [0.25, 0.3) is 22.3 Å². The lowest BCUT2D eigenvalue weighted by molar-refractivity contribution is -0.274. The minimum absolute atomic E-state index is 0.215. The van der Waals surface area contributed by atoms with E-state index in [4.69, 9.17) is 0 Å². The van der Waals surface area contributed by atoms with Gasteiger partial charge in [-0.15, -0.1) is 13.2 Å². The van der Waals surface area contributed by atoms with Crippen molar-refractivity contribution in [2.45, 2.75) is 6.36 Å². The zero-order chi connectivity index (χ0) is 16.6. The normalized spacial score (nSPS) is 11.7. The standard InChI is InChI=1S/C15H8F4N2O2/c16-8-5-6-12(23-15(17,18)19)10(7-8)13-20-11-4-2-1-3-9(11)14(22)21-13/h1-7H,(H,20,21,22). The van der Waals surface area contributed by atoms with Crippen molar-refractivity contribution >= 4 is 10.9 Å². The van der Waals surface area contributed by atoms with Crippen LogP contribution >= 0.6 is 0 Å². The molecule has 0 unspecified atom stereocenters. The molecule has 2 aromatic carbocycles. The molecule has 118 valence electrons. The predicted molar refractivity (Wildman–Crippen MR) is 74.4 cm³/mol. The van der Waals surface area contributed by atoms with E-state index in [9.17, 15) is 22.4 Å². The Morgan fingerprint density at radius 2 is 1.83 bits per heavy atom. The number of hydrogen-bond donors (Lipinski definition) is 1. The Morgan fingerprint density at radius 3 is 2.57 bits per heavy atom. The van der Waals surface area contributed by atoms with Gasteiger partial charge < -0.3 is 9.72 Å². The average molecular weight is 324 g/mol. The quantitative estimate of drug-likeness (QED) is 0.733. The van der Waals surface area contributed by atoms with E-state index in [1.807, 2.05) is 0 Å². The molecule has 3 aromatic rings. The fraction of sp³-hybridized carbons (Fsp3) is 0.0667. The lowest BCUT2D eigenvalue weighted by Gasteiger charge is -2.13. The Morgan fingerprint density at radius 1 is 1.09 bits per heavy atom. The van der Waals surface area contributed by atoms with Gasteiger partial charge in [0.25, 0.3) is 5.56 Å². The number of para-hydroxylation sites is 1. The van der Waals surface area contributed by atoms with Gasteiger partial charge in [0, 0.05) is 0 Å². The first-order chi connectivity index (χ1) is 10.8. The molecule has 4 nitrogen and oxygen atoms in total. The number of nitrogens with one attached hydrogen (secondary N) is 1. The van der Waals surface area contributed by atoms with Crippen LogP contribution < -0.4 is 10.3 Å². The number of hydrogen-bond acceptors (Lipinski definition) is 3. The summed E-state index contributed by atoms with van der Waals surface area (Å²) in [5.41, 5.74) is -0.577. The second kappa shape index (κ2) is 5.38. The maximum absolute atomic E-state index is 13.4. The van der Waals surface area contributed by atoms with Gasteiger partial charge in [0.2, 0.25) is 0 Å². The predicted octanol–water partition coefficient (Wildman–Crippen LogP) is 3.63. The van der Waals surface area contributed by atoms with Crippen molar-refractivity contribution in [1.82, 2.24) is 9.97 Å². The monoisotopic (exact) mass is 324 g/mol. The largest absolute Gasteiger partial charge is 0.573 e. The van der Waals surface area contributed by atoms with Crippen molar-refractivity contribution in [3.8, 4) is 17.1 Å². The number of H-pyrrole nitrogens is 1. The zero-order valence-electron chi connectivity index (χ0n) is 11.3. The van der Waals surface area contributed by atoms with Crippen LogP contribution in [-0.2, 0) is 0 Å². The number of aromatic amines is 1. The molecular weight excluding hydrogens is 316 g/mol. The van der Waals surface area contributed by atoms with Gasteiger partial charge >= 0.3 is 6.36 Å². The summed E-state index contributed by atoms with van der Waals surface area (Å²) in [6, 6.07) is 8.75. The van der Waals surface area contributed by atoms with E-state index in [-0.39, 0.29) is 22.3 Å². The third-order valence-corrected chi connectivity index (χ3v) is 3.04. The number of halogens is 4. The Labute approximate surface area is 126 Å². The number of aromatic nitrogens is 2. The summed E-state index contributed by atoms with van der Waals surface area (Å²) >= 11 is 0. The molecular formula is C15H8F4N2O2. The SMILES string of the molecule is O=c1[nH]c(-c2cc(F)ccc2OC(F)(F)F)nc2ccccc12. The Balaban J connectivity index is 2.22. The molecule has 0 atom stereocenters. The number of alkyl halides is 3. The lowest BCUT2D eigenvalue weighted by Crippen LogP contribution is -2.18. The molecule has 1 aromatic heterocycles. The summed E-state index contributed by atoms with van der Waals surface area (Å²) in [5.74, 6) is -1.66. The molecule has 0 radical (unpaired) electrons. The molecule has 1 heterocycles. The van der Waals surface area contributed by atoms with Gasteiger partial charge in [0.1, 0.15) is 17.4 Å². The maximum Gasteiger partial charge on any atom is 0.573 e. The third kappa shape index (κ3) is 3.15. The third-order valence-electron chi connectivity index (χ3n) is 3.04. The average Bonchev–Trinajstić information content (AvgIpc) is 2.48. The molecule has 0 aliphatic rings. The molecule has 0 fully saturated rings. The van der Waals surface area contributed by atoms with Crippen LogP contribution in [0, 0.1) is 5.82 Å². The Hall–Kier alpha value is -2.90. The highest BCUT2D eigenvalue weighted by Crippen LogP contribution is 2.32. The summed E-state index contributed by atoms with van der Waals surface area (Å²) in [5, 5.41) is 0.269. The molecule has 0 aliphatic carbocycles. The molecule has 0 saturated heterocycles. The minimum atomic E-state index is -4.95. The first kappa shape index (κ1) is 15.0. The number of rotatable bonds is 2. The van der Waals surface area contributed by atoms with Crippen molar-refractivity contribution in [2.75, 3.05) is 0 Å². The Kier molecular flexibility index (Phi) is 3.51. The maximum atomic E-state index is 13.4. The molecule has 0 amide bonds. The van der Waals surface area contributed by atoms with Crippen molar-refractivity contribution in [2.24, 2.45) is 0 Å². The summed E-state index contributed by atoms with van der Waals surface area (Å²) in [7, 11) is 0. The van der Waals surface area contributed by atoms with Crippen LogP contribution in [-0.4, -0.2) is 16.3 Å². The molecule has 0 aliphatic heterocycles. The summed E-state index contributed by atoms with van der Waals surface area (Å²) in [6.45, 7) is 0. The second-order valence-electron chi connectivity index (χ2n) is 4.62. The summed E-state index contributed by atoms with van der Waals surface area (Å²) in [6.07, 6.45) is -4.95. The molecule has 1 N–H and O–H groups in total. The minimum Gasteiger partial charge on any atom is -0.405 e. The Bertz CT molecular complexity index is 935. The van der Waals surface area contributed by atoms with Gasteiger partial charge in [-0.25, -0.2) is 9.37 Å². The van der Waals surface area contributed by atoms with E-state index >= 15 is 0 Å². The van der Waals surface area contributed by atoms with Crippen molar-refractivity contribution < 1.29 is 22.3 Å². The van der Waals surface area contributed by atoms with E-state index in [0.29, 0.717) is 0 Å². The van der Waals surface area contributed by atoms with E-state index in [2.05, 4.69) is 14.7 Å². The van der Waals surface area contributed by atoms with E-state index in [0.717, 1.165) is 18.2 Å². The van der Waals surface area contributed by atoms with Crippen LogP contribution in [0.5, 0.6) is 5.75 Å². The number of benzene rings is 2. The highest BCUT2D eigenvalue weighted by molar-refractivity contribution is 5.80. The van der Waals surface area contributed by atoms with E-state index < -0.39 is 23.5 Å². The lowest BCUT2D eigenvalue weighted by atomic mass is 10.1. The van der Waals surface area contributed by atoms with Crippen LogP contribution in [0.3, 0.4) is 0 Å². The fourth-order valence-corrected chi connectivity index (χ4v) is 2.11. The molecule has 8 heteroatoms. The molecule has 0 saturated carbocycles. The van der Waals surface area contributed by atoms with Gasteiger partial charge in [-0.1, -0.05) is 12.1 Å². The second-order valence-corrected chi connectivity index (χ2v) is 4.62. The fourth-order valence-electron chi connectivity index (χ4n) is 2.11. The van der Waals surface area contributed by atoms with Gasteiger partial charge in [0.05, 0.1) is 16.5 Å². The molecule has 0 spiro atoms. The van der Waals surface area contributed by atoms with Crippen LogP contribution in [0.15, 0.2) is 47.3 Å². The topological polar surface area (TPSA) is 55.0 Å². The van der Waals surface area contributed by atoms with Gasteiger partial charge in [-0.05, 0) is 30.3 Å². The number of fused-ring (bicyclic) bond motifs is 1. The van der Waals surface area contributed by atoms with Crippen LogP contribution in [0.1, 0.15) is 0 Å². The van der Waals surface area contributed by atoms with E-state index in [1.54, 1.807) is 12.1 Å². The summed E-state index contributed by atoms with van der Waals surface area (Å²) < 4.78 is 54.7. The van der Waals surface area contributed by atoms with Gasteiger partial charge in [-0.2, -0.15) is 0 Å². The highest BCUT2D eigenvalue weighted by Gasteiger charge is 2.32.